The highest BCUT2D eigenvalue weighted by molar-refractivity contribution is 7.89. The van der Waals surface area contributed by atoms with E-state index in [-0.39, 0.29) is 17.0 Å². The van der Waals surface area contributed by atoms with Gasteiger partial charge in [-0.25, -0.2) is 18.5 Å². The number of nitrogens with one attached hydrogen (secondary N) is 1. The first-order chi connectivity index (χ1) is 15.0. The van der Waals surface area contributed by atoms with Crippen LogP contribution in [0.1, 0.15) is 30.1 Å². The maximum absolute atomic E-state index is 13.3. The number of hydrogen-bond donors (Lipinski definition) is 2. The quantitative estimate of drug-likeness (QED) is 0.512. The Labute approximate surface area is 190 Å². The minimum Gasteiger partial charge on any atom is -0.325 e. The van der Waals surface area contributed by atoms with E-state index < -0.39 is 15.9 Å². The van der Waals surface area contributed by atoms with Crippen LogP contribution in [0.3, 0.4) is 0 Å². The minimum atomic E-state index is -3.82. The third-order valence-corrected chi connectivity index (χ3v) is 7.43. The zero-order chi connectivity index (χ0) is 23.6. The fraction of sp³-hybridized carbons (Fsp3) is 0.381. The molecule has 32 heavy (non-hydrogen) atoms. The van der Waals surface area contributed by atoms with Crippen molar-refractivity contribution in [1.82, 2.24) is 14.5 Å². The number of aromatic nitrogens is 2. The van der Waals surface area contributed by atoms with Gasteiger partial charge in [0.1, 0.15) is 17.2 Å². The summed E-state index contributed by atoms with van der Waals surface area (Å²) in [7, 11) is -3.82. The monoisotopic (exact) mass is 477 g/mol. The summed E-state index contributed by atoms with van der Waals surface area (Å²) in [5, 5.41) is 8.34. The van der Waals surface area contributed by atoms with Gasteiger partial charge in [-0.2, -0.15) is 0 Å². The van der Waals surface area contributed by atoms with Crippen LogP contribution in [0.2, 0.25) is 0 Å². The van der Waals surface area contributed by atoms with Crippen LogP contribution in [-0.4, -0.2) is 41.9 Å². The number of amides is 1. The molecule has 9 nitrogen and oxygen atoms in total. The summed E-state index contributed by atoms with van der Waals surface area (Å²) < 4.78 is 24.2. The fourth-order valence-corrected chi connectivity index (χ4v) is 4.93. The summed E-state index contributed by atoms with van der Waals surface area (Å²) >= 11 is 1.48. The van der Waals surface area contributed by atoms with Crippen LogP contribution in [-0.2, 0) is 27.9 Å². The lowest BCUT2D eigenvalue weighted by molar-refractivity contribution is -0.116. The van der Waals surface area contributed by atoms with Crippen molar-refractivity contribution < 1.29 is 13.2 Å². The molecule has 11 heteroatoms. The fourth-order valence-electron chi connectivity index (χ4n) is 3.37. The van der Waals surface area contributed by atoms with E-state index in [4.69, 9.17) is 10.1 Å². The molecule has 0 unspecified atom stereocenters. The Bertz CT molecular complexity index is 1310. The molecule has 0 aliphatic rings. The van der Waals surface area contributed by atoms with Crippen LogP contribution in [0.4, 0.5) is 5.69 Å². The number of fused-ring (bicyclic) bond motifs is 1. The number of hydrogen-bond acceptors (Lipinski definition) is 7. The largest absolute Gasteiger partial charge is 0.325 e. The van der Waals surface area contributed by atoms with Crippen molar-refractivity contribution in [3.63, 3.8) is 0 Å². The Morgan fingerprint density at radius 3 is 2.38 bits per heavy atom. The molecule has 0 aliphatic heterocycles. The molecule has 172 valence electrons. The number of benzene rings is 1. The average Bonchev–Trinajstić information content (AvgIpc) is 3.02. The lowest BCUT2D eigenvalue weighted by atomic mass is 10.2. The Balaban J connectivity index is 1.95. The van der Waals surface area contributed by atoms with Crippen LogP contribution in [0.15, 0.2) is 34.0 Å². The molecule has 0 aliphatic carbocycles. The van der Waals surface area contributed by atoms with Gasteiger partial charge in [0.25, 0.3) is 5.56 Å². The van der Waals surface area contributed by atoms with E-state index in [0.29, 0.717) is 28.3 Å². The highest BCUT2D eigenvalue weighted by Gasteiger charge is 2.19. The van der Waals surface area contributed by atoms with E-state index in [1.807, 2.05) is 27.7 Å². The Morgan fingerprint density at radius 1 is 1.19 bits per heavy atom. The van der Waals surface area contributed by atoms with Gasteiger partial charge in [-0.05, 0) is 56.8 Å². The molecular formula is C21H27N5O4S2. The third-order valence-electron chi connectivity index (χ3n) is 5.40. The van der Waals surface area contributed by atoms with Crippen LogP contribution in [0.25, 0.3) is 10.2 Å². The molecule has 1 amide bonds. The number of carbonyl (C=O) groups is 1. The van der Waals surface area contributed by atoms with Crippen LogP contribution < -0.4 is 16.0 Å². The van der Waals surface area contributed by atoms with E-state index in [1.54, 1.807) is 0 Å². The number of nitrogens with zero attached hydrogens (tertiary/aromatic N) is 3. The first-order valence-corrected chi connectivity index (χ1v) is 12.6. The molecule has 0 spiro atoms. The predicted octanol–water partition coefficient (Wildman–Crippen LogP) is 2.20. The Morgan fingerprint density at radius 2 is 1.81 bits per heavy atom. The number of rotatable bonds is 8. The molecule has 3 N–H and O–H groups in total. The Hall–Kier alpha value is -2.60. The molecule has 2 aromatic heterocycles. The summed E-state index contributed by atoms with van der Waals surface area (Å²) in [5.41, 5.74) is 1.04. The minimum absolute atomic E-state index is 0.0498. The molecule has 0 radical (unpaired) electrons. The van der Waals surface area contributed by atoms with Crippen molar-refractivity contribution in [2.75, 3.05) is 18.4 Å². The Kier molecular flexibility index (Phi) is 7.13. The third kappa shape index (κ3) is 5.07. The number of sulfonamides is 1. The average molecular weight is 478 g/mol. The molecule has 0 atom stereocenters. The van der Waals surface area contributed by atoms with Gasteiger partial charge >= 0.3 is 0 Å². The van der Waals surface area contributed by atoms with Crippen LogP contribution in [0, 0.1) is 13.8 Å². The second-order valence-electron chi connectivity index (χ2n) is 7.46. The van der Waals surface area contributed by atoms with Crippen LogP contribution in [0.5, 0.6) is 0 Å². The molecule has 0 bridgehead atoms. The van der Waals surface area contributed by atoms with Crippen molar-refractivity contribution in [3.05, 3.63) is 50.9 Å². The normalized spacial score (nSPS) is 11.9. The zero-order valence-electron chi connectivity index (χ0n) is 18.5. The summed E-state index contributed by atoms with van der Waals surface area (Å²) in [5.74, 6) is 0.120. The number of carbonyl (C=O) groups excluding carboxylic acids is 1. The van der Waals surface area contributed by atoms with Gasteiger partial charge in [0.05, 0.1) is 16.8 Å². The highest BCUT2D eigenvalue weighted by Crippen LogP contribution is 2.26. The van der Waals surface area contributed by atoms with Gasteiger partial charge in [-0.15, -0.1) is 11.3 Å². The first kappa shape index (κ1) is 24.1. The number of aryl methyl sites for hydroxylation is 2. The summed E-state index contributed by atoms with van der Waals surface area (Å²) in [6.45, 7) is 9.72. The number of anilines is 1. The summed E-state index contributed by atoms with van der Waals surface area (Å²) in [6.07, 6.45) is 0. The van der Waals surface area contributed by atoms with E-state index in [2.05, 4.69) is 10.2 Å². The van der Waals surface area contributed by atoms with Crippen molar-refractivity contribution in [3.8, 4) is 0 Å². The zero-order valence-corrected chi connectivity index (χ0v) is 20.1. The second-order valence-corrected chi connectivity index (χ2v) is 10.2. The van der Waals surface area contributed by atoms with Crippen molar-refractivity contribution in [1.29, 1.82) is 0 Å². The van der Waals surface area contributed by atoms with Gasteiger partial charge < -0.3 is 5.32 Å². The smallest absolute Gasteiger partial charge is 0.263 e. The summed E-state index contributed by atoms with van der Waals surface area (Å²) in [4.78, 5) is 34.6. The van der Waals surface area contributed by atoms with Gasteiger partial charge in [0.15, 0.2) is 0 Å². The van der Waals surface area contributed by atoms with E-state index in [0.717, 1.165) is 23.5 Å². The molecule has 0 saturated carbocycles. The van der Waals surface area contributed by atoms with Crippen molar-refractivity contribution in [2.24, 2.45) is 5.14 Å². The first-order valence-electron chi connectivity index (χ1n) is 10.2. The van der Waals surface area contributed by atoms with E-state index >= 15 is 0 Å². The lowest BCUT2D eigenvalue weighted by Gasteiger charge is -2.20. The second kappa shape index (κ2) is 9.49. The number of thiophene rings is 1. The molecule has 1 aromatic carbocycles. The molecular weight excluding hydrogens is 450 g/mol. The maximum atomic E-state index is 13.3. The standard InChI is InChI=1S/C21H27N5O4S2/c1-5-25(6-2)11-17-24-20-19(13(3)14(4)31-20)21(28)26(17)12-18(27)23-15-7-9-16(10-8-15)32(22,29)30/h7-10H,5-6,11-12H2,1-4H3,(H,23,27)(H2,22,29,30). The molecule has 3 rings (SSSR count). The topological polar surface area (TPSA) is 127 Å². The van der Waals surface area contributed by atoms with Crippen molar-refractivity contribution >= 4 is 43.2 Å². The maximum Gasteiger partial charge on any atom is 0.263 e. The molecule has 3 aromatic rings. The summed E-state index contributed by atoms with van der Waals surface area (Å²) in [6, 6.07) is 5.53. The van der Waals surface area contributed by atoms with Gasteiger partial charge in [-0.3, -0.25) is 19.1 Å². The van der Waals surface area contributed by atoms with E-state index in [1.165, 1.54) is 40.2 Å². The SMILES string of the molecule is CCN(CC)Cc1nc2sc(C)c(C)c2c(=O)n1CC(=O)Nc1ccc(S(N)(=O)=O)cc1. The molecule has 2 heterocycles. The number of primary sulfonamides is 1. The lowest BCUT2D eigenvalue weighted by Crippen LogP contribution is -2.34. The van der Waals surface area contributed by atoms with Crippen LogP contribution >= 0.6 is 11.3 Å². The van der Waals surface area contributed by atoms with Crippen molar-refractivity contribution in [2.45, 2.75) is 45.7 Å². The van der Waals surface area contributed by atoms with Gasteiger partial charge in [-0.1, -0.05) is 13.8 Å². The highest BCUT2D eigenvalue weighted by atomic mass is 32.2. The van der Waals surface area contributed by atoms with E-state index in [9.17, 15) is 18.0 Å². The van der Waals surface area contributed by atoms with Gasteiger partial charge in [0.2, 0.25) is 15.9 Å². The van der Waals surface area contributed by atoms with Gasteiger partial charge in [0, 0.05) is 10.6 Å². The molecule has 0 fully saturated rings. The number of nitrogens with two attached hydrogens (primary N) is 1. The molecule has 0 saturated heterocycles. The predicted molar refractivity (Wildman–Crippen MR) is 126 cm³/mol.